The summed E-state index contributed by atoms with van der Waals surface area (Å²) in [6, 6.07) is 10.8. The maximum absolute atomic E-state index is 15.3. The monoisotopic (exact) mass is 694 g/mol. The number of aromatic amines is 1. The minimum atomic E-state index is -2.92. The fourth-order valence-corrected chi connectivity index (χ4v) is 6.02. The molecule has 3 aromatic rings. The molecule has 0 spiro atoms. The second-order valence-electron chi connectivity index (χ2n) is 9.34. The van der Waals surface area contributed by atoms with Crippen LogP contribution in [0.1, 0.15) is 24.8 Å². The van der Waals surface area contributed by atoms with Crippen LogP contribution in [-0.2, 0) is 13.3 Å². The number of nitrogens with two attached hydrogens (primary N) is 1. The third kappa shape index (κ3) is 8.14. The SMILES string of the molecule is CS(=O)(=O)CCCN1CCC(Oc2ccc(-c3c(Cl)cc(Nc4n[nH]c(N)n4)cc3C(F)(P)I)cc2)CC1. The first-order valence-corrected chi connectivity index (χ1v) is 16.1. The van der Waals surface area contributed by atoms with Crippen LogP contribution in [0.3, 0.4) is 0 Å². The molecule has 0 radical (unpaired) electrons. The lowest BCUT2D eigenvalue weighted by Gasteiger charge is -2.32. The zero-order valence-corrected chi connectivity index (χ0v) is 25.6. The van der Waals surface area contributed by atoms with Crippen molar-refractivity contribution in [3.63, 3.8) is 0 Å². The summed E-state index contributed by atoms with van der Waals surface area (Å²) in [5.41, 5.74) is 7.81. The molecule has 0 amide bonds. The molecule has 14 heteroatoms. The minimum absolute atomic E-state index is 0.0843. The maximum Gasteiger partial charge on any atom is 0.248 e. The van der Waals surface area contributed by atoms with Gasteiger partial charge in [0.1, 0.15) is 21.7 Å². The largest absolute Gasteiger partial charge is 0.490 e. The fraction of sp³-hybridized carbons (Fsp3) is 0.417. The van der Waals surface area contributed by atoms with Gasteiger partial charge >= 0.3 is 0 Å². The summed E-state index contributed by atoms with van der Waals surface area (Å²) in [4.78, 5) is 6.29. The first-order valence-electron chi connectivity index (χ1n) is 12.0. The van der Waals surface area contributed by atoms with Gasteiger partial charge in [-0.1, -0.05) is 33.0 Å². The van der Waals surface area contributed by atoms with Crippen LogP contribution in [0.4, 0.5) is 22.0 Å². The van der Waals surface area contributed by atoms with Crippen LogP contribution < -0.4 is 15.8 Å². The number of alkyl halides is 2. The molecule has 4 rings (SSSR count). The van der Waals surface area contributed by atoms with Gasteiger partial charge in [-0.25, -0.2) is 17.9 Å². The Hall–Kier alpha value is -1.73. The molecule has 0 bridgehead atoms. The van der Waals surface area contributed by atoms with Crippen LogP contribution >= 0.6 is 43.4 Å². The number of hydrogen-bond acceptors (Lipinski definition) is 8. The van der Waals surface area contributed by atoms with E-state index >= 15 is 4.39 Å². The first-order chi connectivity index (χ1) is 17.9. The molecular weight excluding hydrogens is 665 g/mol. The fourth-order valence-electron chi connectivity index (χ4n) is 4.39. The lowest BCUT2D eigenvalue weighted by atomic mass is 9.99. The van der Waals surface area contributed by atoms with E-state index in [2.05, 4.69) is 34.6 Å². The van der Waals surface area contributed by atoms with Crippen LogP contribution in [0.5, 0.6) is 5.75 Å². The van der Waals surface area contributed by atoms with Crippen molar-refractivity contribution >= 4 is 70.9 Å². The Kier molecular flexibility index (Phi) is 9.39. The number of H-pyrrole nitrogens is 1. The zero-order valence-electron chi connectivity index (χ0n) is 20.8. The van der Waals surface area contributed by atoms with Crippen molar-refractivity contribution in [1.29, 1.82) is 0 Å². The highest BCUT2D eigenvalue weighted by Crippen LogP contribution is 2.48. The molecule has 38 heavy (non-hydrogen) atoms. The average molecular weight is 695 g/mol. The Labute approximate surface area is 242 Å². The Morgan fingerprint density at radius 2 is 2.00 bits per heavy atom. The van der Waals surface area contributed by atoms with E-state index in [1.807, 2.05) is 24.3 Å². The Morgan fingerprint density at radius 3 is 2.58 bits per heavy atom. The summed E-state index contributed by atoms with van der Waals surface area (Å²) in [7, 11) is -0.718. The number of piperidine rings is 1. The van der Waals surface area contributed by atoms with Crippen LogP contribution in [-0.4, -0.2) is 66.2 Å². The third-order valence-corrected chi connectivity index (χ3v) is 8.40. The molecule has 2 unspecified atom stereocenters. The normalized spacial score (nSPS) is 16.8. The van der Waals surface area contributed by atoms with E-state index in [0.717, 1.165) is 43.8 Å². The number of aromatic nitrogens is 3. The van der Waals surface area contributed by atoms with E-state index in [-0.39, 0.29) is 23.8 Å². The molecule has 1 aromatic heterocycles. The van der Waals surface area contributed by atoms with Crippen LogP contribution in [0, 0.1) is 0 Å². The quantitative estimate of drug-likeness (QED) is 0.152. The van der Waals surface area contributed by atoms with Crippen molar-refractivity contribution in [3.8, 4) is 16.9 Å². The summed E-state index contributed by atoms with van der Waals surface area (Å²) < 4.78 is 42.4. The van der Waals surface area contributed by atoms with Crippen molar-refractivity contribution in [2.75, 3.05) is 42.7 Å². The maximum atomic E-state index is 15.3. The van der Waals surface area contributed by atoms with Gasteiger partial charge in [0.15, 0.2) is 3.42 Å². The minimum Gasteiger partial charge on any atom is -0.490 e. The number of ether oxygens (including phenoxy) is 1. The number of nitrogen functional groups attached to an aromatic ring is 1. The summed E-state index contributed by atoms with van der Waals surface area (Å²) in [6.07, 6.45) is 3.74. The van der Waals surface area contributed by atoms with Gasteiger partial charge in [0.25, 0.3) is 0 Å². The number of nitrogens with zero attached hydrogens (tertiary/aromatic N) is 3. The van der Waals surface area contributed by atoms with E-state index in [4.69, 9.17) is 22.1 Å². The molecule has 1 aliphatic heterocycles. The van der Waals surface area contributed by atoms with Crippen LogP contribution in [0.15, 0.2) is 36.4 Å². The summed E-state index contributed by atoms with van der Waals surface area (Å²) >= 11 is 8.37. The van der Waals surface area contributed by atoms with Crippen molar-refractivity contribution in [2.45, 2.75) is 28.8 Å². The van der Waals surface area contributed by atoms with Gasteiger partial charge < -0.3 is 20.7 Å². The van der Waals surface area contributed by atoms with E-state index < -0.39 is 13.3 Å². The predicted molar refractivity (Wildman–Crippen MR) is 162 cm³/mol. The number of nitrogens with one attached hydrogen (secondary N) is 2. The standard InChI is InChI=1S/C24H30ClFIN6O3PS/c1-38(34,35)12-2-9-33-10-7-18(8-11-33)36-17-5-3-15(4-6-17)21-19(24(26,27)37)13-16(14-20(21)25)29-23-30-22(28)31-32-23/h3-6,13-14,18H,2,7-12,37H2,1H3,(H4,28,29,30,31,32). The Balaban J connectivity index is 1.42. The van der Waals surface area contributed by atoms with Gasteiger partial charge in [0.2, 0.25) is 11.9 Å². The number of benzene rings is 2. The first kappa shape index (κ1) is 29.3. The number of anilines is 3. The lowest BCUT2D eigenvalue weighted by molar-refractivity contribution is 0.101. The molecule has 0 saturated carbocycles. The molecule has 9 nitrogen and oxygen atoms in total. The second kappa shape index (κ2) is 12.2. The molecule has 1 fully saturated rings. The Bertz CT molecular complexity index is 1360. The van der Waals surface area contributed by atoms with Gasteiger partial charge in [-0.2, -0.15) is 4.98 Å². The van der Waals surface area contributed by atoms with Crippen molar-refractivity contribution in [1.82, 2.24) is 20.1 Å². The highest BCUT2D eigenvalue weighted by molar-refractivity contribution is 14.1. The second-order valence-corrected chi connectivity index (χ2v) is 15.5. The molecule has 2 aromatic carbocycles. The average Bonchev–Trinajstić information content (AvgIpc) is 3.23. The molecule has 0 aliphatic carbocycles. The van der Waals surface area contributed by atoms with Crippen molar-refractivity contribution < 1.29 is 17.5 Å². The van der Waals surface area contributed by atoms with E-state index in [1.165, 1.54) is 6.26 Å². The molecular formula is C24H30ClFIN6O3PS. The summed E-state index contributed by atoms with van der Waals surface area (Å²) in [5.74, 6) is 1.36. The van der Waals surface area contributed by atoms with Crippen LogP contribution in [0.25, 0.3) is 11.1 Å². The number of hydrogen-bond donors (Lipinski definition) is 3. The summed E-state index contributed by atoms with van der Waals surface area (Å²) in [5, 5.41) is 9.84. The number of rotatable bonds is 10. The van der Waals surface area contributed by atoms with Gasteiger partial charge in [0, 0.05) is 36.2 Å². The Morgan fingerprint density at radius 1 is 1.32 bits per heavy atom. The van der Waals surface area contributed by atoms with Gasteiger partial charge in [-0.3, -0.25) is 0 Å². The number of halogens is 3. The molecule has 4 N–H and O–H groups in total. The lowest BCUT2D eigenvalue weighted by Crippen LogP contribution is -2.39. The molecule has 1 aliphatic rings. The predicted octanol–water partition coefficient (Wildman–Crippen LogP) is 5.12. The number of likely N-dealkylation sites (tertiary alicyclic amines) is 1. The van der Waals surface area contributed by atoms with Gasteiger partial charge in [-0.15, -0.1) is 5.10 Å². The van der Waals surface area contributed by atoms with Crippen molar-refractivity contribution in [2.24, 2.45) is 0 Å². The summed E-state index contributed by atoms with van der Waals surface area (Å²) in [6.45, 7) is 2.52. The van der Waals surface area contributed by atoms with Crippen LogP contribution in [0.2, 0.25) is 5.02 Å². The number of sulfone groups is 1. The molecule has 2 atom stereocenters. The highest BCUT2D eigenvalue weighted by Gasteiger charge is 2.28. The van der Waals surface area contributed by atoms with Crippen molar-refractivity contribution in [3.05, 3.63) is 47.0 Å². The molecule has 1 saturated heterocycles. The smallest absolute Gasteiger partial charge is 0.248 e. The van der Waals surface area contributed by atoms with Gasteiger partial charge in [0.05, 0.1) is 10.8 Å². The van der Waals surface area contributed by atoms with Gasteiger partial charge in [-0.05, 0) is 78.2 Å². The topological polar surface area (TPSA) is 126 Å². The third-order valence-electron chi connectivity index (χ3n) is 6.18. The zero-order chi connectivity index (χ0) is 27.5. The highest BCUT2D eigenvalue weighted by atomic mass is 127. The molecule has 206 valence electrons. The van der Waals surface area contributed by atoms with E-state index in [9.17, 15) is 8.42 Å². The van der Waals surface area contributed by atoms with E-state index in [0.29, 0.717) is 28.3 Å². The van der Waals surface area contributed by atoms with E-state index in [1.54, 1.807) is 34.7 Å². The molecule has 2 heterocycles.